The topological polar surface area (TPSA) is 77.4 Å². The molecule has 5 nitrogen and oxygen atoms in total. The van der Waals surface area contributed by atoms with Crippen molar-refractivity contribution in [2.24, 2.45) is 0 Å². The highest BCUT2D eigenvalue weighted by Crippen LogP contribution is 2.14. The van der Waals surface area contributed by atoms with E-state index in [-0.39, 0.29) is 11.4 Å². The van der Waals surface area contributed by atoms with Crippen LogP contribution in [0.2, 0.25) is 0 Å². The number of benzene rings is 1. The molecule has 1 aromatic heterocycles. The van der Waals surface area contributed by atoms with Gasteiger partial charge in [0.2, 0.25) is 0 Å². The van der Waals surface area contributed by atoms with Gasteiger partial charge in [0.15, 0.2) is 11.4 Å². The molecule has 20 heavy (non-hydrogen) atoms. The van der Waals surface area contributed by atoms with Gasteiger partial charge >= 0.3 is 0 Å². The first kappa shape index (κ1) is 13.8. The van der Waals surface area contributed by atoms with E-state index in [1.165, 1.54) is 11.9 Å². The molecule has 5 heteroatoms. The normalized spacial score (nSPS) is 10.2. The van der Waals surface area contributed by atoms with Crippen LogP contribution < -0.4 is 5.32 Å². The van der Waals surface area contributed by atoms with Crippen molar-refractivity contribution in [2.75, 3.05) is 0 Å². The van der Waals surface area contributed by atoms with Crippen LogP contribution in [-0.2, 0) is 6.54 Å². The number of hydrogen-bond acceptors (Lipinski definition) is 4. The summed E-state index contributed by atoms with van der Waals surface area (Å²) in [6, 6.07) is 12.2. The van der Waals surface area contributed by atoms with Crippen molar-refractivity contribution in [3.8, 4) is 17.8 Å². The van der Waals surface area contributed by atoms with E-state index in [0.717, 1.165) is 12.2 Å². The Morgan fingerprint density at radius 1 is 1.20 bits per heavy atom. The average molecular weight is 265 g/mol. The maximum atomic E-state index is 9.11. The summed E-state index contributed by atoms with van der Waals surface area (Å²) in [7, 11) is 0. The molecular formula is C15H15N5. The maximum Gasteiger partial charge on any atom is 0.177 e. The number of aromatic nitrogens is 2. The summed E-state index contributed by atoms with van der Waals surface area (Å²) in [5, 5.41) is 21.3. The van der Waals surface area contributed by atoms with Gasteiger partial charge < -0.3 is 5.32 Å². The Morgan fingerprint density at radius 3 is 2.45 bits per heavy atom. The van der Waals surface area contributed by atoms with E-state index >= 15 is 0 Å². The number of hydrogen-bond donors (Lipinski definition) is 1. The summed E-state index contributed by atoms with van der Waals surface area (Å²) in [4.78, 5) is 3.93. The lowest BCUT2D eigenvalue weighted by atomic mass is 10.2. The molecule has 0 aliphatic carbocycles. The van der Waals surface area contributed by atoms with Gasteiger partial charge in [-0.2, -0.15) is 10.5 Å². The third-order valence-electron chi connectivity index (χ3n) is 2.91. The first-order valence-electron chi connectivity index (χ1n) is 6.36. The minimum atomic E-state index is 0.151. The van der Waals surface area contributed by atoms with Crippen molar-refractivity contribution in [3.63, 3.8) is 0 Å². The Morgan fingerprint density at radius 2 is 1.90 bits per heavy atom. The fraction of sp³-hybridized carbons (Fsp3) is 0.267. The van der Waals surface area contributed by atoms with Crippen LogP contribution in [0.25, 0.3) is 5.69 Å². The van der Waals surface area contributed by atoms with Crippen LogP contribution in [0.15, 0.2) is 30.6 Å². The van der Waals surface area contributed by atoms with Crippen LogP contribution in [0.4, 0.5) is 0 Å². The van der Waals surface area contributed by atoms with Crippen molar-refractivity contribution in [3.05, 3.63) is 47.5 Å². The van der Waals surface area contributed by atoms with Crippen molar-refractivity contribution >= 4 is 0 Å². The number of nitrogens with zero attached hydrogens (tertiary/aromatic N) is 4. The predicted molar refractivity (Wildman–Crippen MR) is 75.0 cm³/mol. The monoisotopic (exact) mass is 265 g/mol. The molecule has 2 rings (SSSR count). The molecule has 0 bridgehead atoms. The molecule has 0 aliphatic rings. The zero-order valence-electron chi connectivity index (χ0n) is 11.5. The average Bonchev–Trinajstić information content (AvgIpc) is 2.88. The first-order chi connectivity index (χ1) is 9.65. The minimum absolute atomic E-state index is 0.151. The predicted octanol–water partition coefficient (Wildman–Crippen LogP) is 2.11. The van der Waals surface area contributed by atoms with Gasteiger partial charge in [0, 0.05) is 18.3 Å². The molecule has 0 amide bonds. The van der Waals surface area contributed by atoms with E-state index < -0.39 is 0 Å². The number of nitriles is 2. The van der Waals surface area contributed by atoms with Crippen LogP contribution in [0.5, 0.6) is 0 Å². The van der Waals surface area contributed by atoms with Crippen LogP contribution in [-0.4, -0.2) is 15.6 Å². The molecule has 0 spiro atoms. The molecule has 0 aliphatic heterocycles. The second kappa shape index (κ2) is 6.01. The molecule has 1 heterocycles. The van der Waals surface area contributed by atoms with Crippen LogP contribution in [0.3, 0.4) is 0 Å². The molecule has 0 fully saturated rings. The van der Waals surface area contributed by atoms with Crippen LogP contribution in [0, 0.1) is 22.7 Å². The Hall–Kier alpha value is -2.63. The van der Waals surface area contributed by atoms with Gasteiger partial charge in [-0.15, -0.1) is 0 Å². The van der Waals surface area contributed by atoms with Gasteiger partial charge in [-0.05, 0) is 17.7 Å². The molecule has 0 saturated carbocycles. The molecule has 0 saturated heterocycles. The fourth-order valence-corrected chi connectivity index (χ4v) is 1.83. The smallest absolute Gasteiger partial charge is 0.177 e. The summed E-state index contributed by atoms with van der Waals surface area (Å²) in [6.45, 7) is 5.00. The number of nitrogens with one attached hydrogen (secondary N) is 1. The molecule has 2 aromatic rings. The molecular weight excluding hydrogens is 250 g/mol. The van der Waals surface area contributed by atoms with Crippen molar-refractivity contribution in [1.29, 1.82) is 10.5 Å². The molecule has 100 valence electrons. The minimum Gasteiger partial charge on any atom is -0.310 e. The van der Waals surface area contributed by atoms with E-state index in [1.54, 1.807) is 4.57 Å². The lowest BCUT2D eigenvalue weighted by Gasteiger charge is -2.09. The third-order valence-corrected chi connectivity index (χ3v) is 2.91. The van der Waals surface area contributed by atoms with E-state index in [4.69, 9.17) is 10.5 Å². The number of imidazole rings is 1. The zero-order chi connectivity index (χ0) is 14.5. The summed E-state index contributed by atoms with van der Waals surface area (Å²) in [5.74, 6) is 0. The Labute approximate surface area is 118 Å². The largest absolute Gasteiger partial charge is 0.310 e. The zero-order valence-corrected chi connectivity index (χ0v) is 11.5. The van der Waals surface area contributed by atoms with Gasteiger partial charge in [0.25, 0.3) is 0 Å². The molecule has 0 atom stereocenters. The van der Waals surface area contributed by atoms with E-state index in [1.807, 2.05) is 36.4 Å². The Balaban J connectivity index is 2.25. The Bertz CT molecular complexity index is 668. The molecule has 1 aromatic carbocycles. The summed E-state index contributed by atoms with van der Waals surface area (Å²) in [5.41, 5.74) is 2.41. The summed E-state index contributed by atoms with van der Waals surface area (Å²) >= 11 is 0. The van der Waals surface area contributed by atoms with Gasteiger partial charge in [0.05, 0.1) is 0 Å². The third kappa shape index (κ3) is 2.85. The number of rotatable bonds is 4. The summed E-state index contributed by atoms with van der Waals surface area (Å²) < 4.78 is 1.62. The first-order valence-corrected chi connectivity index (χ1v) is 6.36. The van der Waals surface area contributed by atoms with Crippen molar-refractivity contribution in [2.45, 2.75) is 26.4 Å². The summed E-state index contributed by atoms with van der Waals surface area (Å²) in [6.07, 6.45) is 1.50. The van der Waals surface area contributed by atoms with Gasteiger partial charge in [-0.25, -0.2) is 4.98 Å². The van der Waals surface area contributed by atoms with Gasteiger partial charge in [0.1, 0.15) is 18.5 Å². The van der Waals surface area contributed by atoms with Crippen LogP contribution in [0.1, 0.15) is 30.8 Å². The van der Waals surface area contributed by atoms with Crippen molar-refractivity contribution < 1.29 is 0 Å². The molecule has 0 radical (unpaired) electrons. The van der Waals surface area contributed by atoms with E-state index in [2.05, 4.69) is 24.1 Å². The van der Waals surface area contributed by atoms with Crippen molar-refractivity contribution in [1.82, 2.24) is 14.9 Å². The van der Waals surface area contributed by atoms with Gasteiger partial charge in [-0.1, -0.05) is 26.0 Å². The quantitative estimate of drug-likeness (QED) is 0.918. The highest BCUT2D eigenvalue weighted by Gasteiger charge is 2.11. The van der Waals surface area contributed by atoms with Crippen LogP contribution >= 0.6 is 0 Å². The fourth-order valence-electron chi connectivity index (χ4n) is 1.83. The molecule has 1 N–H and O–H groups in total. The lowest BCUT2D eigenvalue weighted by Crippen LogP contribution is -2.21. The van der Waals surface area contributed by atoms with E-state index in [9.17, 15) is 0 Å². The highest BCUT2D eigenvalue weighted by molar-refractivity contribution is 5.44. The van der Waals surface area contributed by atoms with E-state index in [0.29, 0.717) is 6.04 Å². The Kier molecular flexibility index (Phi) is 4.14. The second-order valence-electron chi connectivity index (χ2n) is 4.74. The SMILES string of the molecule is CC(C)NCc1ccc(-n2cnc(C#N)c2C#N)cc1. The van der Waals surface area contributed by atoms with Gasteiger partial charge in [-0.3, -0.25) is 4.57 Å². The molecule has 0 unspecified atom stereocenters. The standard InChI is InChI=1S/C15H15N5/c1-11(2)18-9-12-3-5-13(6-4-12)20-10-19-14(7-16)15(20)8-17/h3-6,10-11,18H,9H2,1-2H3. The lowest BCUT2D eigenvalue weighted by molar-refractivity contribution is 0.589. The second-order valence-corrected chi connectivity index (χ2v) is 4.74. The highest BCUT2D eigenvalue weighted by atomic mass is 15.1. The maximum absolute atomic E-state index is 9.11.